The summed E-state index contributed by atoms with van der Waals surface area (Å²) in [7, 11) is 0. The quantitative estimate of drug-likeness (QED) is 0.657. The standard InChI is InChI=1S/C10H14O3/c1-4-6-5-7-9(8(6)11)13-10(2,3)12-7/h4-5,7-9,11H,1H2,2-3H3. The molecule has 3 unspecified atom stereocenters. The Kier molecular flexibility index (Phi) is 1.84. The number of aliphatic hydroxyl groups excluding tert-OH is 1. The Balaban J connectivity index is 2.21. The summed E-state index contributed by atoms with van der Waals surface area (Å²) < 4.78 is 11.1. The lowest BCUT2D eigenvalue weighted by molar-refractivity contribution is -0.152. The molecule has 13 heavy (non-hydrogen) atoms. The maximum atomic E-state index is 9.75. The van der Waals surface area contributed by atoms with Crippen molar-refractivity contribution >= 4 is 0 Å². The van der Waals surface area contributed by atoms with Crippen molar-refractivity contribution in [2.45, 2.75) is 37.9 Å². The summed E-state index contributed by atoms with van der Waals surface area (Å²) in [5.74, 6) is -0.584. The highest BCUT2D eigenvalue weighted by molar-refractivity contribution is 5.31. The van der Waals surface area contributed by atoms with Gasteiger partial charge in [0.05, 0.1) is 0 Å². The SMILES string of the molecule is C=CC1=CC2OC(C)(C)OC2C1O. The summed E-state index contributed by atoms with van der Waals surface area (Å²) in [5.41, 5.74) is 0.797. The van der Waals surface area contributed by atoms with Crippen LogP contribution in [0.3, 0.4) is 0 Å². The van der Waals surface area contributed by atoms with Crippen molar-refractivity contribution in [3.05, 3.63) is 24.3 Å². The molecule has 1 saturated heterocycles. The van der Waals surface area contributed by atoms with Gasteiger partial charge in [-0.05, 0) is 25.5 Å². The molecule has 3 atom stereocenters. The van der Waals surface area contributed by atoms with E-state index in [9.17, 15) is 5.11 Å². The van der Waals surface area contributed by atoms with Gasteiger partial charge in [-0.25, -0.2) is 0 Å². The van der Waals surface area contributed by atoms with Crippen molar-refractivity contribution in [1.82, 2.24) is 0 Å². The number of hydrogen-bond donors (Lipinski definition) is 1. The van der Waals surface area contributed by atoms with E-state index in [1.165, 1.54) is 0 Å². The molecule has 3 nitrogen and oxygen atoms in total. The highest BCUT2D eigenvalue weighted by Crippen LogP contribution is 2.37. The van der Waals surface area contributed by atoms with Crippen molar-refractivity contribution in [2.24, 2.45) is 0 Å². The molecule has 1 N–H and O–H groups in total. The number of rotatable bonds is 1. The average Bonchev–Trinajstić information content (AvgIpc) is 2.47. The monoisotopic (exact) mass is 182 g/mol. The molecule has 0 aromatic rings. The van der Waals surface area contributed by atoms with Crippen molar-refractivity contribution in [3.8, 4) is 0 Å². The summed E-state index contributed by atoms with van der Waals surface area (Å²) in [5, 5.41) is 9.75. The maximum absolute atomic E-state index is 9.75. The molecular formula is C10H14O3. The first-order valence-corrected chi connectivity index (χ1v) is 4.41. The molecule has 2 aliphatic rings. The highest BCUT2D eigenvalue weighted by Gasteiger charge is 2.48. The zero-order chi connectivity index (χ0) is 9.64. The highest BCUT2D eigenvalue weighted by atomic mass is 16.8. The Labute approximate surface area is 77.7 Å². The summed E-state index contributed by atoms with van der Waals surface area (Å²) in [6.07, 6.45) is 2.53. The third-order valence-electron chi connectivity index (χ3n) is 2.41. The smallest absolute Gasteiger partial charge is 0.164 e. The van der Waals surface area contributed by atoms with E-state index in [1.807, 2.05) is 19.9 Å². The third-order valence-corrected chi connectivity index (χ3v) is 2.41. The van der Waals surface area contributed by atoms with Crippen LogP contribution in [0.1, 0.15) is 13.8 Å². The zero-order valence-corrected chi connectivity index (χ0v) is 7.86. The molecule has 72 valence electrons. The van der Waals surface area contributed by atoms with Crippen LogP contribution in [-0.4, -0.2) is 29.2 Å². The number of aliphatic hydroxyl groups is 1. The molecule has 2 rings (SSSR count). The number of fused-ring (bicyclic) bond motifs is 1. The molecule has 3 heteroatoms. The Hall–Kier alpha value is -0.640. The molecule has 1 heterocycles. The zero-order valence-electron chi connectivity index (χ0n) is 7.86. The Morgan fingerprint density at radius 2 is 2.23 bits per heavy atom. The Morgan fingerprint density at radius 1 is 1.54 bits per heavy atom. The largest absolute Gasteiger partial charge is 0.386 e. The molecule has 0 aromatic carbocycles. The van der Waals surface area contributed by atoms with Gasteiger partial charge in [0, 0.05) is 0 Å². The van der Waals surface area contributed by atoms with Crippen LogP contribution in [0, 0.1) is 0 Å². The Bertz CT molecular complexity index is 267. The molecule has 1 fully saturated rings. The van der Waals surface area contributed by atoms with E-state index in [1.54, 1.807) is 6.08 Å². The van der Waals surface area contributed by atoms with E-state index >= 15 is 0 Å². The molecule has 0 bridgehead atoms. The van der Waals surface area contributed by atoms with Gasteiger partial charge in [-0.2, -0.15) is 0 Å². The van der Waals surface area contributed by atoms with Crippen LogP contribution < -0.4 is 0 Å². The minimum Gasteiger partial charge on any atom is -0.386 e. The molecule has 0 amide bonds. The third kappa shape index (κ3) is 1.33. The van der Waals surface area contributed by atoms with Crippen molar-refractivity contribution in [1.29, 1.82) is 0 Å². The van der Waals surface area contributed by atoms with Crippen LogP contribution >= 0.6 is 0 Å². The fourth-order valence-electron chi connectivity index (χ4n) is 1.86. The average molecular weight is 182 g/mol. The van der Waals surface area contributed by atoms with Crippen LogP contribution in [0.15, 0.2) is 24.3 Å². The van der Waals surface area contributed by atoms with Gasteiger partial charge < -0.3 is 14.6 Å². The van der Waals surface area contributed by atoms with Gasteiger partial charge in [-0.15, -0.1) is 0 Å². The van der Waals surface area contributed by atoms with E-state index in [4.69, 9.17) is 9.47 Å². The predicted octanol–water partition coefficient (Wildman–Crippen LogP) is 0.993. The first-order valence-electron chi connectivity index (χ1n) is 4.41. The summed E-state index contributed by atoms with van der Waals surface area (Å²) >= 11 is 0. The van der Waals surface area contributed by atoms with Crippen LogP contribution in [0.25, 0.3) is 0 Å². The minimum absolute atomic E-state index is 0.127. The van der Waals surface area contributed by atoms with E-state index < -0.39 is 11.9 Å². The first kappa shape index (κ1) is 8.94. The van der Waals surface area contributed by atoms with Gasteiger partial charge in [0.2, 0.25) is 0 Å². The first-order chi connectivity index (χ1) is 6.03. The summed E-state index contributed by atoms with van der Waals surface area (Å²) in [4.78, 5) is 0. The Morgan fingerprint density at radius 3 is 2.77 bits per heavy atom. The van der Waals surface area contributed by atoms with Gasteiger partial charge in [-0.1, -0.05) is 12.7 Å². The van der Waals surface area contributed by atoms with Crippen molar-refractivity contribution < 1.29 is 14.6 Å². The molecule has 1 aliphatic carbocycles. The van der Waals surface area contributed by atoms with Crippen LogP contribution in [-0.2, 0) is 9.47 Å². The molecule has 0 aromatic heterocycles. The number of hydrogen-bond acceptors (Lipinski definition) is 3. The van der Waals surface area contributed by atoms with Crippen LogP contribution in [0.4, 0.5) is 0 Å². The molecule has 0 saturated carbocycles. The molecule has 0 spiro atoms. The van der Waals surface area contributed by atoms with Gasteiger partial charge >= 0.3 is 0 Å². The van der Waals surface area contributed by atoms with Crippen molar-refractivity contribution in [3.63, 3.8) is 0 Å². The normalized spacial score (nSPS) is 41.5. The van der Waals surface area contributed by atoms with Gasteiger partial charge in [0.15, 0.2) is 5.79 Å². The van der Waals surface area contributed by atoms with E-state index in [0.29, 0.717) is 0 Å². The lowest BCUT2D eigenvalue weighted by Gasteiger charge is -2.19. The van der Waals surface area contributed by atoms with Gasteiger partial charge in [-0.3, -0.25) is 0 Å². The van der Waals surface area contributed by atoms with Crippen LogP contribution in [0.2, 0.25) is 0 Å². The fourth-order valence-corrected chi connectivity index (χ4v) is 1.86. The maximum Gasteiger partial charge on any atom is 0.164 e. The van der Waals surface area contributed by atoms with Crippen molar-refractivity contribution in [2.75, 3.05) is 0 Å². The summed E-state index contributed by atoms with van der Waals surface area (Å²) in [6.45, 7) is 7.31. The van der Waals surface area contributed by atoms with E-state index in [-0.39, 0.29) is 12.2 Å². The topological polar surface area (TPSA) is 38.7 Å². The van der Waals surface area contributed by atoms with Gasteiger partial charge in [0.25, 0.3) is 0 Å². The van der Waals surface area contributed by atoms with E-state index in [0.717, 1.165) is 5.57 Å². The second kappa shape index (κ2) is 2.67. The molecule has 0 radical (unpaired) electrons. The van der Waals surface area contributed by atoms with Crippen LogP contribution in [0.5, 0.6) is 0 Å². The molecular weight excluding hydrogens is 168 g/mol. The number of ether oxygens (including phenoxy) is 2. The van der Waals surface area contributed by atoms with Gasteiger partial charge in [0.1, 0.15) is 18.3 Å². The fraction of sp³-hybridized carbons (Fsp3) is 0.600. The second-order valence-corrected chi connectivity index (χ2v) is 3.88. The minimum atomic E-state index is -0.593. The predicted molar refractivity (Wildman–Crippen MR) is 48.1 cm³/mol. The van der Waals surface area contributed by atoms with E-state index in [2.05, 4.69) is 6.58 Å². The summed E-state index contributed by atoms with van der Waals surface area (Å²) in [6, 6.07) is 0. The molecule has 1 aliphatic heterocycles. The second-order valence-electron chi connectivity index (χ2n) is 3.88. The lowest BCUT2D eigenvalue weighted by Crippen LogP contribution is -2.30. The lowest BCUT2D eigenvalue weighted by atomic mass is 10.1.